The molecule has 1 aromatic rings. The van der Waals surface area contributed by atoms with Gasteiger partial charge >= 0.3 is 0 Å². The molecule has 0 aromatic heterocycles. The van der Waals surface area contributed by atoms with Gasteiger partial charge in [-0.25, -0.2) is 8.78 Å². The Morgan fingerprint density at radius 1 is 1.29 bits per heavy atom. The van der Waals surface area contributed by atoms with Gasteiger partial charge in [-0.15, -0.1) is 0 Å². The van der Waals surface area contributed by atoms with Crippen LogP contribution in [0.4, 0.5) is 8.78 Å². The predicted molar refractivity (Wildman–Crippen MR) is 63.7 cm³/mol. The van der Waals surface area contributed by atoms with Gasteiger partial charge in [-0.05, 0) is 37.5 Å². The molecule has 88 valence electrons. The third-order valence-electron chi connectivity index (χ3n) is 2.44. The van der Waals surface area contributed by atoms with Crippen molar-refractivity contribution in [1.82, 2.24) is 0 Å². The molecule has 0 bridgehead atoms. The van der Waals surface area contributed by atoms with Crippen LogP contribution >= 0.6 is 0 Å². The Morgan fingerprint density at radius 2 is 1.88 bits per heavy atom. The molecule has 1 aliphatic rings. The van der Waals surface area contributed by atoms with Gasteiger partial charge in [-0.1, -0.05) is 12.2 Å². The van der Waals surface area contributed by atoms with Gasteiger partial charge in [0.25, 0.3) is 0 Å². The minimum Gasteiger partial charge on any atom is -0.378 e. The van der Waals surface area contributed by atoms with E-state index in [-0.39, 0.29) is 6.10 Å². The Bertz CT molecular complexity index is 419. The molecule has 1 aliphatic carbocycles. The Hall–Kier alpha value is -1.16. The molecular weight excluding hydrogens is 221 g/mol. The summed E-state index contributed by atoms with van der Waals surface area (Å²) in [6.45, 7) is 1.72. The average molecular weight is 234 g/mol. The van der Waals surface area contributed by atoms with Gasteiger partial charge in [0.05, 0.1) is 6.10 Å². The first-order chi connectivity index (χ1) is 7.94. The van der Waals surface area contributed by atoms with E-state index in [1.165, 1.54) is 12.1 Å². The van der Waals surface area contributed by atoms with E-state index in [0.717, 1.165) is 18.9 Å². The van der Waals surface area contributed by atoms with E-state index in [1.807, 2.05) is 0 Å². The van der Waals surface area contributed by atoms with Crippen molar-refractivity contribution >= 4 is 13.9 Å². The molecule has 4 heteroatoms. The van der Waals surface area contributed by atoms with Crippen LogP contribution in [0, 0.1) is 11.6 Å². The topological polar surface area (TPSA) is 9.23 Å². The monoisotopic (exact) mass is 234 g/mol. The fourth-order valence-corrected chi connectivity index (χ4v) is 1.52. The van der Waals surface area contributed by atoms with Gasteiger partial charge in [-0.2, -0.15) is 0 Å². The van der Waals surface area contributed by atoms with Crippen molar-refractivity contribution in [2.75, 3.05) is 0 Å². The van der Waals surface area contributed by atoms with Crippen LogP contribution in [0.1, 0.15) is 25.3 Å². The zero-order valence-corrected chi connectivity index (χ0v) is 9.62. The molecule has 0 amide bonds. The highest BCUT2D eigenvalue weighted by Gasteiger charge is 2.28. The molecule has 1 saturated carbocycles. The lowest BCUT2D eigenvalue weighted by atomic mass is 9.82. The predicted octanol–water partition coefficient (Wildman–Crippen LogP) is 3.04. The van der Waals surface area contributed by atoms with Crippen LogP contribution < -0.4 is 0 Å². The molecule has 1 atom stereocenters. The number of halogens is 2. The normalized spacial score (nSPS) is 19.5. The zero-order valence-electron chi connectivity index (χ0n) is 9.62. The highest BCUT2D eigenvalue weighted by atomic mass is 19.1. The van der Waals surface area contributed by atoms with Crippen molar-refractivity contribution in [2.45, 2.75) is 31.4 Å². The summed E-state index contributed by atoms with van der Waals surface area (Å²) in [5, 5.41) is 0. The molecule has 0 saturated heterocycles. The van der Waals surface area contributed by atoms with Gasteiger partial charge < -0.3 is 4.74 Å². The lowest BCUT2D eigenvalue weighted by molar-refractivity contribution is 0.0529. The number of hydrogen-bond donors (Lipinski definition) is 0. The number of rotatable bonds is 4. The zero-order chi connectivity index (χ0) is 12.5. The van der Waals surface area contributed by atoms with Gasteiger partial charge in [-0.3, -0.25) is 0 Å². The summed E-state index contributed by atoms with van der Waals surface area (Å²) >= 11 is 0. The van der Waals surface area contributed by atoms with E-state index in [2.05, 4.69) is 0 Å². The molecule has 0 heterocycles. The Morgan fingerprint density at radius 3 is 2.41 bits per heavy atom. The standard InChI is InChI=1S/C13H13BF2O/c1-13(14,17-12-2-3-12)5-4-9-6-10(15)8-11(16)7-9/h4-8,12H,2-3H2,1H3/b5-4+. The largest absolute Gasteiger partial charge is 0.378 e. The van der Waals surface area contributed by atoms with Crippen molar-refractivity contribution < 1.29 is 13.5 Å². The second-order valence-corrected chi connectivity index (χ2v) is 4.54. The second kappa shape index (κ2) is 4.61. The average Bonchev–Trinajstić information content (AvgIpc) is 2.97. The van der Waals surface area contributed by atoms with E-state index >= 15 is 0 Å². The third-order valence-corrected chi connectivity index (χ3v) is 2.44. The molecule has 1 unspecified atom stereocenters. The number of ether oxygens (including phenoxy) is 1. The maximum atomic E-state index is 12.9. The smallest absolute Gasteiger partial charge is 0.126 e. The Kier molecular flexibility index (Phi) is 3.34. The summed E-state index contributed by atoms with van der Waals surface area (Å²) in [5.74, 6) is -1.21. The first-order valence-electron chi connectivity index (χ1n) is 5.57. The van der Waals surface area contributed by atoms with Crippen molar-refractivity contribution in [3.63, 3.8) is 0 Å². The highest BCUT2D eigenvalue weighted by molar-refractivity contribution is 6.16. The fourth-order valence-electron chi connectivity index (χ4n) is 1.52. The lowest BCUT2D eigenvalue weighted by Gasteiger charge is -2.21. The van der Waals surface area contributed by atoms with Crippen LogP contribution in [-0.2, 0) is 4.74 Å². The van der Waals surface area contributed by atoms with E-state index in [0.29, 0.717) is 5.56 Å². The first-order valence-corrected chi connectivity index (χ1v) is 5.57. The molecule has 17 heavy (non-hydrogen) atoms. The molecule has 1 fully saturated rings. The molecule has 2 rings (SSSR count). The number of benzene rings is 1. The van der Waals surface area contributed by atoms with E-state index < -0.39 is 17.1 Å². The van der Waals surface area contributed by atoms with Gasteiger partial charge in [0.2, 0.25) is 0 Å². The summed E-state index contributed by atoms with van der Waals surface area (Å²) in [5.41, 5.74) is -0.470. The van der Waals surface area contributed by atoms with Gasteiger partial charge in [0, 0.05) is 11.6 Å². The number of hydrogen-bond acceptors (Lipinski definition) is 1. The highest BCUT2D eigenvalue weighted by Crippen LogP contribution is 2.28. The fraction of sp³-hybridized carbons (Fsp3) is 0.385. The molecule has 0 spiro atoms. The summed E-state index contributed by atoms with van der Waals surface area (Å²) in [7, 11) is 5.89. The van der Waals surface area contributed by atoms with Crippen molar-refractivity contribution in [2.24, 2.45) is 0 Å². The first kappa shape index (κ1) is 12.3. The van der Waals surface area contributed by atoms with E-state index in [1.54, 1.807) is 19.1 Å². The SMILES string of the molecule is [B]C(C)(/C=C/c1cc(F)cc(F)c1)OC1CC1. The Balaban J connectivity index is 2.07. The molecule has 0 N–H and O–H groups in total. The second-order valence-electron chi connectivity index (χ2n) is 4.54. The lowest BCUT2D eigenvalue weighted by Crippen LogP contribution is -2.27. The van der Waals surface area contributed by atoms with Crippen LogP contribution in [-0.4, -0.2) is 19.5 Å². The minimum atomic E-state index is -0.899. The Labute approximate surface area is 101 Å². The molecular formula is C13H13BF2O. The van der Waals surface area contributed by atoms with Crippen LogP contribution in [0.5, 0.6) is 0 Å². The molecule has 1 nitrogen and oxygen atoms in total. The maximum absolute atomic E-state index is 12.9. The molecule has 0 aliphatic heterocycles. The van der Waals surface area contributed by atoms with Crippen molar-refractivity contribution in [3.8, 4) is 0 Å². The van der Waals surface area contributed by atoms with Crippen LogP contribution in [0.25, 0.3) is 6.08 Å². The molecule has 1 aromatic carbocycles. The third kappa shape index (κ3) is 3.97. The molecule has 2 radical (unpaired) electrons. The van der Waals surface area contributed by atoms with Crippen molar-refractivity contribution in [3.05, 3.63) is 41.5 Å². The van der Waals surface area contributed by atoms with Crippen LogP contribution in [0.3, 0.4) is 0 Å². The van der Waals surface area contributed by atoms with E-state index in [9.17, 15) is 8.78 Å². The summed E-state index contributed by atoms with van der Waals surface area (Å²) in [4.78, 5) is 0. The van der Waals surface area contributed by atoms with Crippen molar-refractivity contribution in [1.29, 1.82) is 0 Å². The summed E-state index contributed by atoms with van der Waals surface area (Å²) in [6, 6.07) is 3.32. The minimum absolute atomic E-state index is 0.221. The van der Waals surface area contributed by atoms with Crippen LogP contribution in [0.15, 0.2) is 24.3 Å². The quantitative estimate of drug-likeness (QED) is 0.727. The summed E-state index contributed by atoms with van der Waals surface area (Å²) in [6.07, 6.45) is 5.44. The summed E-state index contributed by atoms with van der Waals surface area (Å²) < 4.78 is 31.4. The van der Waals surface area contributed by atoms with E-state index in [4.69, 9.17) is 12.6 Å². The van der Waals surface area contributed by atoms with Gasteiger partial charge in [0.1, 0.15) is 19.5 Å². The maximum Gasteiger partial charge on any atom is 0.126 e. The van der Waals surface area contributed by atoms with Crippen LogP contribution in [0.2, 0.25) is 0 Å². The van der Waals surface area contributed by atoms with Gasteiger partial charge in [0.15, 0.2) is 0 Å².